The van der Waals surface area contributed by atoms with E-state index in [-0.39, 0.29) is 30.5 Å². The maximum atomic E-state index is 12.9. The van der Waals surface area contributed by atoms with Gasteiger partial charge in [-0.2, -0.15) is 0 Å². The topological polar surface area (TPSA) is 71.1 Å². The Hall–Kier alpha value is -2.99. The number of nitrogens with zero attached hydrogens (tertiary/aromatic N) is 1. The van der Waals surface area contributed by atoms with Crippen LogP contribution in [-0.2, 0) is 4.79 Å². The molecule has 2 N–H and O–H groups in total. The molecular weight excluding hydrogens is 430 g/mol. The Bertz CT molecular complexity index is 1280. The molecule has 1 fully saturated rings. The van der Waals surface area contributed by atoms with Crippen LogP contribution in [0.3, 0.4) is 0 Å². The molecule has 1 aliphatic carbocycles. The zero-order chi connectivity index (χ0) is 24.1. The summed E-state index contributed by atoms with van der Waals surface area (Å²) in [7, 11) is 0. The first-order valence-corrected chi connectivity index (χ1v) is 12.0. The number of carbonyl (C=O) groups excluding carboxylic acids is 2. The second-order valence-corrected chi connectivity index (χ2v) is 11.0. The number of nitrogens with one attached hydrogen (secondary N) is 2. The van der Waals surface area contributed by atoms with Gasteiger partial charge in [-0.25, -0.2) is 4.98 Å². The molecule has 5 nitrogen and oxygen atoms in total. The molecule has 174 valence electrons. The van der Waals surface area contributed by atoms with Gasteiger partial charge in [-0.3, -0.25) is 9.59 Å². The molecule has 2 atom stereocenters. The summed E-state index contributed by atoms with van der Waals surface area (Å²) in [6.07, 6.45) is 2.19. The maximum absolute atomic E-state index is 12.9. The van der Waals surface area contributed by atoms with Gasteiger partial charge in [0.25, 0.3) is 5.91 Å². The van der Waals surface area contributed by atoms with Crippen LogP contribution in [0.25, 0.3) is 10.2 Å². The maximum Gasteiger partial charge on any atom is 0.255 e. The van der Waals surface area contributed by atoms with Gasteiger partial charge >= 0.3 is 0 Å². The van der Waals surface area contributed by atoms with Crippen LogP contribution in [-0.4, -0.2) is 16.8 Å². The third-order valence-electron chi connectivity index (χ3n) is 6.50. The number of anilines is 2. The molecule has 1 heterocycles. The lowest BCUT2D eigenvalue weighted by atomic mass is 10.0. The van der Waals surface area contributed by atoms with Gasteiger partial charge in [0.05, 0.1) is 16.1 Å². The van der Waals surface area contributed by atoms with Gasteiger partial charge in [0, 0.05) is 12.7 Å². The molecule has 0 aliphatic heterocycles. The van der Waals surface area contributed by atoms with Gasteiger partial charge in [0.15, 0.2) is 5.13 Å². The van der Waals surface area contributed by atoms with Crippen molar-refractivity contribution < 1.29 is 11.0 Å². The second kappa shape index (κ2) is 8.41. The number of carbonyl (C=O) groups is 2. The van der Waals surface area contributed by atoms with Crippen molar-refractivity contribution in [2.45, 2.75) is 48.5 Å². The Labute approximate surface area is 200 Å². The van der Waals surface area contributed by atoms with Gasteiger partial charge in [-0.1, -0.05) is 54.5 Å². The Morgan fingerprint density at radius 1 is 1.06 bits per heavy atom. The predicted octanol–water partition coefficient (Wildman–Crippen LogP) is 6.90. The number of hydrogen-bond acceptors (Lipinski definition) is 4. The molecule has 0 radical (unpaired) electrons. The Morgan fingerprint density at radius 2 is 1.73 bits per heavy atom. The van der Waals surface area contributed by atoms with E-state index in [1.807, 2.05) is 32.9 Å². The van der Waals surface area contributed by atoms with Crippen LogP contribution in [0.1, 0.15) is 56.2 Å². The van der Waals surface area contributed by atoms with E-state index in [0.29, 0.717) is 10.7 Å². The lowest BCUT2D eigenvalue weighted by Gasteiger charge is -2.12. The quantitative estimate of drug-likeness (QED) is 0.404. The lowest BCUT2D eigenvalue weighted by molar-refractivity contribution is -0.118. The van der Waals surface area contributed by atoms with Crippen molar-refractivity contribution in [1.29, 1.82) is 0 Å². The molecule has 1 aromatic heterocycles. The first kappa shape index (κ1) is 23.2. The summed E-state index contributed by atoms with van der Waals surface area (Å²) in [6.45, 7) is 14.4. The van der Waals surface area contributed by atoms with E-state index in [1.54, 1.807) is 6.07 Å². The standard InChI is InChI=1S/C27H31N3O2S.H2/c1-14(2)10-19-22(27(19,6)7)25(32)30-26-28-20-9-8-18(13-21(20)33-26)24(31)29-23-16(4)11-15(3)12-17(23)5;/h8-13,19,22H,1-7H3,(H,29,31)(H,28,30,32);1H/t19-,22-;/m1./s1. The second-order valence-electron chi connectivity index (χ2n) is 9.99. The van der Waals surface area contributed by atoms with Gasteiger partial charge < -0.3 is 10.6 Å². The molecule has 6 heteroatoms. The first-order valence-electron chi connectivity index (χ1n) is 11.2. The Kier molecular flexibility index (Phi) is 5.91. The first-order chi connectivity index (χ1) is 15.5. The van der Waals surface area contributed by atoms with E-state index in [4.69, 9.17) is 0 Å². The average molecular weight is 464 g/mol. The third-order valence-corrected chi connectivity index (χ3v) is 7.44. The number of thiazole rings is 1. The highest BCUT2D eigenvalue weighted by molar-refractivity contribution is 7.22. The number of benzene rings is 2. The number of fused-ring (bicyclic) bond motifs is 1. The number of allylic oxidation sites excluding steroid dienone is 2. The van der Waals surface area contributed by atoms with Crippen molar-refractivity contribution in [2.75, 3.05) is 10.6 Å². The summed E-state index contributed by atoms with van der Waals surface area (Å²) in [4.78, 5) is 30.4. The zero-order valence-corrected chi connectivity index (χ0v) is 21.1. The van der Waals surface area contributed by atoms with Crippen molar-refractivity contribution in [3.63, 3.8) is 0 Å². The monoisotopic (exact) mass is 463 g/mol. The van der Waals surface area contributed by atoms with Crippen LogP contribution in [0.2, 0.25) is 0 Å². The lowest BCUT2D eigenvalue weighted by Crippen LogP contribution is -2.16. The number of aromatic nitrogens is 1. The van der Waals surface area contributed by atoms with Crippen LogP contribution < -0.4 is 10.6 Å². The van der Waals surface area contributed by atoms with Gasteiger partial charge in [-0.05, 0) is 75.3 Å². The van der Waals surface area contributed by atoms with Crippen LogP contribution in [0.5, 0.6) is 0 Å². The van der Waals surface area contributed by atoms with E-state index in [2.05, 4.69) is 61.5 Å². The van der Waals surface area contributed by atoms with E-state index < -0.39 is 0 Å². The third kappa shape index (κ3) is 4.58. The summed E-state index contributed by atoms with van der Waals surface area (Å²) in [5.74, 6) is 0.0441. The molecule has 4 rings (SSSR count). The fourth-order valence-corrected chi connectivity index (χ4v) is 5.62. The van der Waals surface area contributed by atoms with Crippen molar-refractivity contribution in [3.05, 3.63) is 64.2 Å². The normalized spacial score (nSPS) is 18.6. The summed E-state index contributed by atoms with van der Waals surface area (Å²) in [5, 5.41) is 6.61. The van der Waals surface area contributed by atoms with E-state index in [1.165, 1.54) is 22.5 Å². The van der Waals surface area contributed by atoms with Crippen LogP contribution in [0.4, 0.5) is 10.8 Å². The molecule has 2 aromatic carbocycles. The molecule has 33 heavy (non-hydrogen) atoms. The molecule has 0 spiro atoms. The fourth-order valence-electron chi connectivity index (χ4n) is 4.71. The highest BCUT2D eigenvalue weighted by Gasteiger charge is 2.60. The van der Waals surface area contributed by atoms with Crippen LogP contribution in [0, 0.1) is 38.0 Å². The Balaban J connectivity index is 0.00000324. The zero-order valence-electron chi connectivity index (χ0n) is 20.3. The van der Waals surface area contributed by atoms with Gasteiger partial charge in [0.1, 0.15) is 0 Å². The smallest absolute Gasteiger partial charge is 0.255 e. The van der Waals surface area contributed by atoms with Crippen LogP contribution >= 0.6 is 11.3 Å². The van der Waals surface area contributed by atoms with Gasteiger partial charge in [-0.15, -0.1) is 0 Å². The Morgan fingerprint density at radius 3 is 2.36 bits per heavy atom. The minimum atomic E-state index is -0.157. The van der Waals surface area contributed by atoms with Crippen molar-refractivity contribution in [2.24, 2.45) is 17.3 Å². The summed E-state index contributed by atoms with van der Waals surface area (Å²) >= 11 is 1.39. The van der Waals surface area contributed by atoms with Crippen LogP contribution in [0.15, 0.2) is 42.0 Å². The van der Waals surface area contributed by atoms with E-state index >= 15 is 0 Å². The largest absolute Gasteiger partial charge is 0.322 e. The fraction of sp³-hybridized carbons (Fsp3) is 0.370. The number of amides is 2. The highest BCUT2D eigenvalue weighted by Crippen LogP contribution is 2.59. The predicted molar refractivity (Wildman–Crippen MR) is 139 cm³/mol. The summed E-state index contributed by atoms with van der Waals surface area (Å²) < 4.78 is 0.867. The number of hydrogen-bond donors (Lipinski definition) is 2. The summed E-state index contributed by atoms with van der Waals surface area (Å²) in [6, 6.07) is 9.57. The van der Waals surface area contributed by atoms with E-state index in [0.717, 1.165) is 27.0 Å². The molecule has 3 aromatic rings. The number of aryl methyl sites for hydroxylation is 3. The average Bonchev–Trinajstić information content (AvgIpc) is 3.04. The van der Waals surface area contributed by atoms with Crippen molar-refractivity contribution >= 4 is 44.2 Å². The van der Waals surface area contributed by atoms with Gasteiger partial charge in [0.2, 0.25) is 5.91 Å². The molecule has 1 saturated carbocycles. The van der Waals surface area contributed by atoms with Crippen molar-refractivity contribution in [3.8, 4) is 0 Å². The molecule has 1 aliphatic rings. The van der Waals surface area contributed by atoms with E-state index in [9.17, 15) is 9.59 Å². The van der Waals surface area contributed by atoms with Crippen molar-refractivity contribution in [1.82, 2.24) is 4.98 Å². The minimum Gasteiger partial charge on any atom is -0.322 e. The SMILES string of the molecule is CC(C)=C[C@@H]1[C@H](C(=O)Nc2nc3ccc(C(=O)Nc4c(C)cc(C)cc4C)cc3s2)C1(C)C.[HH]. The molecule has 0 saturated heterocycles. The number of rotatable bonds is 5. The molecule has 2 amide bonds. The summed E-state index contributed by atoms with van der Waals surface area (Å²) in [5.41, 5.74) is 6.62. The molecular formula is C27H33N3O2S. The molecule has 0 unspecified atom stereocenters. The highest BCUT2D eigenvalue weighted by atomic mass is 32.1. The molecule has 0 bridgehead atoms. The minimum absolute atomic E-state index is 0.